The quantitative estimate of drug-likeness (QED) is 0.435. The number of carbonyl (C=O) groups excluding carboxylic acids is 1. The molecule has 8 heteroatoms. The number of halogens is 1. The van der Waals surface area contributed by atoms with E-state index in [0.29, 0.717) is 12.1 Å². The Morgan fingerprint density at radius 2 is 2.03 bits per heavy atom. The zero-order valence-electron chi connectivity index (χ0n) is 17.2. The predicted molar refractivity (Wildman–Crippen MR) is 120 cm³/mol. The second-order valence-corrected chi connectivity index (χ2v) is 8.13. The Morgan fingerprint density at radius 1 is 1.23 bits per heavy atom. The first-order valence-corrected chi connectivity index (χ1v) is 10.6. The van der Waals surface area contributed by atoms with Crippen molar-refractivity contribution in [1.82, 2.24) is 29.9 Å². The van der Waals surface area contributed by atoms with Gasteiger partial charge in [-0.2, -0.15) is 10.2 Å². The molecule has 0 aliphatic carbocycles. The van der Waals surface area contributed by atoms with Gasteiger partial charge in [-0.1, -0.05) is 18.2 Å². The smallest absolute Gasteiger partial charge is 0.252 e. The highest BCUT2D eigenvalue weighted by Gasteiger charge is 2.16. The van der Waals surface area contributed by atoms with E-state index in [9.17, 15) is 4.79 Å². The molecule has 4 rings (SSSR count). The summed E-state index contributed by atoms with van der Waals surface area (Å²) in [7, 11) is 1.90. The molecule has 3 heterocycles. The molecule has 1 N–H and O–H groups in total. The third kappa shape index (κ3) is 4.00. The molecule has 0 radical (unpaired) electrons. The van der Waals surface area contributed by atoms with Gasteiger partial charge in [0.15, 0.2) is 0 Å². The molecule has 0 aliphatic heterocycles. The van der Waals surface area contributed by atoms with Gasteiger partial charge in [0, 0.05) is 43.0 Å². The Morgan fingerprint density at radius 3 is 2.73 bits per heavy atom. The first kappa shape index (κ1) is 20.3. The number of carbonyl (C=O) groups is 1. The number of aryl methyl sites for hydroxylation is 3. The van der Waals surface area contributed by atoms with E-state index in [1.54, 1.807) is 10.9 Å². The van der Waals surface area contributed by atoms with Crippen molar-refractivity contribution in [3.8, 4) is 11.3 Å². The molecule has 30 heavy (non-hydrogen) atoms. The second kappa shape index (κ2) is 8.39. The van der Waals surface area contributed by atoms with Gasteiger partial charge >= 0.3 is 0 Å². The van der Waals surface area contributed by atoms with Crippen molar-refractivity contribution < 1.29 is 4.79 Å². The van der Waals surface area contributed by atoms with Gasteiger partial charge in [-0.3, -0.25) is 14.2 Å². The summed E-state index contributed by atoms with van der Waals surface area (Å²) < 4.78 is 4.69. The molecule has 0 fully saturated rings. The first-order valence-electron chi connectivity index (χ1n) is 9.80. The maximum absolute atomic E-state index is 13.0. The van der Waals surface area contributed by atoms with Gasteiger partial charge in [0.2, 0.25) is 0 Å². The Hall–Kier alpha value is -3.00. The topological polar surface area (TPSA) is 77.6 Å². The Balaban J connectivity index is 1.54. The Labute approximate surface area is 183 Å². The van der Waals surface area contributed by atoms with Crippen molar-refractivity contribution in [3.05, 3.63) is 64.1 Å². The fraction of sp³-hybridized carbons (Fsp3) is 0.273. The molecule has 0 saturated carbocycles. The maximum atomic E-state index is 13.0. The average molecular weight is 467 g/mol. The minimum absolute atomic E-state index is 0.103. The molecule has 0 unspecified atom stereocenters. The minimum atomic E-state index is -0.103. The minimum Gasteiger partial charge on any atom is -0.352 e. The number of hydrogen-bond donors (Lipinski definition) is 1. The van der Waals surface area contributed by atoms with Crippen LogP contribution in [-0.4, -0.2) is 37.0 Å². The second-order valence-electron chi connectivity index (χ2n) is 7.27. The van der Waals surface area contributed by atoms with Crippen LogP contribution in [-0.2, 0) is 13.6 Å². The van der Waals surface area contributed by atoms with Crippen LogP contribution in [0.15, 0.2) is 47.2 Å². The molecule has 1 amide bonds. The molecular formula is C22H23BrN6O. The fourth-order valence-electron chi connectivity index (χ4n) is 3.40. The number of aromatic nitrogens is 5. The number of fused-ring (bicyclic) bond motifs is 1. The molecule has 4 aromatic rings. The number of para-hydroxylation sites is 1. The van der Waals surface area contributed by atoms with E-state index in [1.165, 1.54) is 0 Å². The van der Waals surface area contributed by atoms with Crippen LogP contribution in [0, 0.1) is 13.8 Å². The molecule has 3 aromatic heterocycles. The van der Waals surface area contributed by atoms with Crippen LogP contribution >= 0.6 is 15.9 Å². The molecule has 0 atom stereocenters. The lowest BCUT2D eigenvalue weighted by Crippen LogP contribution is -2.25. The van der Waals surface area contributed by atoms with Crippen LogP contribution in [0.3, 0.4) is 0 Å². The number of pyridine rings is 1. The highest BCUT2D eigenvalue weighted by atomic mass is 79.9. The first-order chi connectivity index (χ1) is 14.4. The van der Waals surface area contributed by atoms with Crippen LogP contribution in [0.2, 0.25) is 0 Å². The number of hydrogen-bond acceptors (Lipinski definition) is 4. The van der Waals surface area contributed by atoms with Gasteiger partial charge in [-0.25, -0.2) is 4.98 Å². The molecule has 0 saturated heterocycles. The normalized spacial score (nSPS) is 11.2. The van der Waals surface area contributed by atoms with E-state index in [2.05, 4.69) is 31.4 Å². The van der Waals surface area contributed by atoms with E-state index in [-0.39, 0.29) is 5.91 Å². The lowest BCUT2D eigenvalue weighted by molar-refractivity contribution is 0.0954. The molecular weight excluding hydrogens is 444 g/mol. The lowest BCUT2D eigenvalue weighted by Gasteiger charge is -2.11. The van der Waals surface area contributed by atoms with Crippen molar-refractivity contribution in [2.45, 2.75) is 26.8 Å². The average Bonchev–Trinajstić information content (AvgIpc) is 3.25. The number of nitrogens with one attached hydrogen (secondary N) is 1. The summed E-state index contributed by atoms with van der Waals surface area (Å²) in [5.41, 5.74) is 5.06. The van der Waals surface area contributed by atoms with E-state index < -0.39 is 0 Å². The number of benzene rings is 1. The van der Waals surface area contributed by atoms with E-state index >= 15 is 0 Å². The standard InChI is InChI=1S/C22H23BrN6O/c1-14-19(23)13-29(27-14)10-6-9-24-22(30)17-11-21(18-12-25-28(3)15(18)2)26-20-8-5-4-7-16(17)20/h4-5,7-8,11-13H,6,9-10H2,1-3H3,(H,24,30). The molecule has 1 aromatic carbocycles. The van der Waals surface area contributed by atoms with Crippen LogP contribution < -0.4 is 5.32 Å². The van der Waals surface area contributed by atoms with Gasteiger partial charge < -0.3 is 5.32 Å². The summed E-state index contributed by atoms with van der Waals surface area (Å²) in [6.45, 7) is 5.25. The summed E-state index contributed by atoms with van der Waals surface area (Å²) in [4.78, 5) is 17.8. The third-order valence-corrected chi connectivity index (χ3v) is 5.99. The highest BCUT2D eigenvalue weighted by Crippen LogP contribution is 2.26. The van der Waals surface area contributed by atoms with Gasteiger partial charge in [0.1, 0.15) is 0 Å². The molecule has 0 spiro atoms. The largest absolute Gasteiger partial charge is 0.352 e. The van der Waals surface area contributed by atoms with Crippen LogP contribution in [0.25, 0.3) is 22.2 Å². The number of rotatable bonds is 6. The third-order valence-electron chi connectivity index (χ3n) is 5.21. The number of amides is 1. The molecule has 0 aliphatic rings. The zero-order chi connectivity index (χ0) is 21.3. The van der Waals surface area contributed by atoms with Crippen molar-refractivity contribution in [1.29, 1.82) is 0 Å². The van der Waals surface area contributed by atoms with E-state index in [1.807, 2.05) is 62.1 Å². The van der Waals surface area contributed by atoms with Crippen molar-refractivity contribution in [2.24, 2.45) is 7.05 Å². The number of nitrogens with zero attached hydrogens (tertiary/aromatic N) is 5. The molecule has 154 valence electrons. The Bertz CT molecular complexity index is 1210. The summed E-state index contributed by atoms with van der Waals surface area (Å²) in [6, 6.07) is 9.57. The summed E-state index contributed by atoms with van der Waals surface area (Å²) in [5.74, 6) is -0.103. The highest BCUT2D eigenvalue weighted by molar-refractivity contribution is 9.10. The molecule has 0 bridgehead atoms. The predicted octanol–water partition coefficient (Wildman–Crippen LogP) is 4.03. The fourth-order valence-corrected chi connectivity index (χ4v) is 3.71. The van der Waals surface area contributed by atoms with Crippen LogP contribution in [0.4, 0.5) is 0 Å². The summed E-state index contributed by atoms with van der Waals surface area (Å²) >= 11 is 3.47. The SMILES string of the molecule is Cc1nn(CCCNC(=O)c2cc(-c3cnn(C)c3C)nc3ccccc23)cc1Br. The van der Waals surface area contributed by atoms with Gasteiger partial charge in [0.25, 0.3) is 5.91 Å². The van der Waals surface area contributed by atoms with Crippen LogP contribution in [0.1, 0.15) is 28.2 Å². The summed E-state index contributed by atoms with van der Waals surface area (Å²) in [5, 5.41) is 12.6. The maximum Gasteiger partial charge on any atom is 0.252 e. The van der Waals surface area contributed by atoms with Gasteiger partial charge in [-0.15, -0.1) is 0 Å². The zero-order valence-corrected chi connectivity index (χ0v) is 18.8. The van der Waals surface area contributed by atoms with Crippen LogP contribution in [0.5, 0.6) is 0 Å². The van der Waals surface area contributed by atoms with Gasteiger partial charge in [0.05, 0.1) is 33.1 Å². The summed E-state index contributed by atoms with van der Waals surface area (Å²) in [6.07, 6.45) is 4.53. The Kier molecular flexibility index (Phi) is 5.67. The van der Waals surface area contributed by atoms with E-state index in [0.717, 1.165) is 51.0 Å². The lowest BCUT2D eigenvalue weighted by atomic mass is 10.0. The van der Waals surface area contributed by atoms with Crippen molar-refractivity contribution >= 4 is 32.7 Å². The van der Waals surface area contributed by atoms with Crippen molar-refractivity contribution in [3.63, 3.8) is 0 Å². The van der Waals surface area contributed by atoms with Crippen molar-refractivity contribution in [2.75, 3.05) is 6.54 Å². The monoisotopic (exact) mass is 466 g/mol. The van der Waals surface area contributed by atoms with E-state index in [4.69, 9.17) is 4.98 Å². The molecule has 7 nitrogen and oxygen atoms in total. The van der Waals surface area contributed by atoms with Gasteiger partial charge in [-0.05, 0) is 48.3 Å².